The molecule has 1 aliphatic heterocycles. The highest BCUT2D eigenvalue weighted by Crippen LogP contribution is 2.26. The van der Waals surface area contributed by atoms with E-state index in [1.165, 1.54) is 0 Å². The van der Waals surface area contributed by atoms with Crippen LogP contribution in [0.4, 0.5) is 5.69 Å². The number of benzene rings is 1. The first-order valence-electron chi connectivity index (χ1n) is 7.46. The Morgan fingerprint density at radius 2 is 2.19 bits per heavy atom. The zero-order valence-corrected chi connectivity index (χ0v) is 13.5. The van der Waals surface area contributed by atoms with Crippen LogP contribution in [0.2, 0.25) is 0 Å². The molecule has 0 unspecified atom stereocenters. The average molecular weight is 313 g/mol. The van der Waals surface area contributed by atoms with Crippen LogP contribution in [0.3, 0.4) is 0 Å². The second-order valence-electron chi connectivity index (χ2n) is 5.41. The molecule has 0 saturated carbocycles. The predicted molar refractivity (Wildman–Crippen MR) is 88.3 cm³/mol. The van der Waals surface area contributed by atoms with E-state index in [0.29, 0.717) is 12.6 Å². The van der Waals surface area contributed by atoms with E-state index >= 15 is 0 Å². The normalized spacial score (nSPS) is 21.2. The number of para-hydroxylation sites is 2. The Kier molecular flexibility index (Phi) is 7.54. The molecule has 118 valence electrons. The van der Waals surface area contributed by atoms with Crippen molar-refractivity contribution in [3.63, 3.8) is 0 Å². The number of rotatable bonds is 5. The Morgan fingerprint density at radius 1 is 1.43 bits per heavy atom. The Hall–Kier alpha value is -1.26. The standard InChI is InChI=1S/C16H24N2O2.ClH/c1-3-10-20-15-7-5-4-6-14(15)18-16(19)13-8-9-17-12(2)11-13;/h4-7,12-13,17H,3,8-11H2,1-2H3,(H,18,19);1H/t12-,13-;/m0./s1. The van der Waals surface area contributed by atoms with Crippen LogP contribution < -0.4 is 15.4 Å². The first-order valence-corrected chi connectivity index (χ1v) is 7.46. The van der Waals surface area contributed by atoms with Crippen LogP contribution in [0.15, 0.2) is 24.3 Å². The highest BCUT2D eigenvalue weighted by molar-refractivity contribution is 5.94. The largest absolute Gasteiger partial charge is 0.491 e. The van der Waals surface area contributed by atoms with Crippen molar-refractivity contribution in [3.8, 4) is 5.75 Å². The summed E-state index contributed by atoms with van der Waals surface area (Å²) in [6, 6.07) is 8.04. The number of piperidine rings is 1. The zero-order valence-electron chi connectivity index (χ0n) is 12.7. The van der Waals surface area contributed by atoms with Gasteiger partial charge in [0.2, 0.25) is 5.91 Å². The summed E-state index contributed by atoms with van der Waals surface area (Å²) in [5.74, 6) is 0.945. The number of hydrogen-bond donors (Lipinski definition) is 2. The molecule has 2 rings (SSSR count). The second-order valence-corrected chi connectivity index (χ2v) is 5.41. The minimum Gasteiger partial charge on any atom is -0.491 e. The van der Waals surface area contributed by atoms with Gasteiger partial charge in [-0.05, 0) is 44.9 Å². The summed E-state index contributed by atoms with van der Waals surface area (Å²) in [5.41, 5.74) is 0.775. The lowest BCUT2D eigenvalue weighted by Gasteiger charge is -2.27. The third-order valence-electron chi connectivity index (χ3n) is 3.60. The molecule has 0 bridgehead atoms. The number of ether oxygens (including phenoxy) is 1. The van der Waals surface area contributed by atoms with Crippen molar-refractivity contribution in [1.82, 2.24) is 5.32 Å². The molecule has 4 nitrogen and oxygen atoms in total. The van der Waals surface area contributed by atoms with Crippen molar-refractivity contribution < 1.29 is 9.53 Å². The van der Waals surface area contributed by atoms with Gasteiger partial charge in [0.15, 0.2) is 0 Å². The van der Waals surface area contributed by atoms with E-state index in [9.17, 15) is 4.79 Å². The number of anilines is 1. The van der Waals surface area contributed by atoms with Crippen molar-refractivity contribution in [2.75, 3.05) is 18.5 Å². The van der Waals surface area contributed by atoms with Gasteiger partial charge in [-0.25, -0.2) is 0 Å². The molecule has 0 aromatic heterocycles. The maximum atomic E-state index is 12.3. The van der Waals surface area contributed by atoms with Gasteiger partial charge >= 0.3 is 0 Å². The molecule has 1 saturated heterocycles. The highest BCUT2D eigenvalue weighted by Gasteiger charge is 2.25. The summed E-state index contributed by atoms with van der Waals surface area (Å²) < 4.78 is 5.67. The topological polar surface area (TPSA) is 50.4 Å². The Labute approximate surface area is 133 Å². The molecule has 1 fully saturated rings. The van der Waals surface area contributed by atoms with Gasteiger partial charge in [0.25, 0.3) is 0 Å². The van der Waals surface area contributed by atoms with Crippen molar-refractivity contribution in [2.45, 2.75) is 39.2 Å². The molecule has 1 aromatic carbocycles. The van der Waals surface area contributed by atoms with E-state index in [1.54, 1.807) is 0 Å². The third-order valence-corrected chi connectivity index (χ3v) is 3.60. The van der Waals surface area contributed by atoms with Crippen LogP contribution in [-0.2, 0) is 4.79 Å². The quantitative estimate of drug-likeness (QED) is 0.877. The van der Waals surface area contributed by atoms with Crippen molar-refractivity contribution in [3.05, 3.63) is 24.3 Å². The lowest BCUT2D eigenvalue weighted by molar-refractivity contribution is -0.120. The molecule has 1 heterocycles. The van der Waals surface area contributed by atoms with Crippen LogP contribution in [0.1, 0.15) is 33.1 Å². The van der Waals surface area contributed by atoms with Gasteiger partial charge in [-0.2, -0.15) is 0 Å². The van der Waals surface area contributed by atoms with E-state index < -0.39 is 0 Å². The summed E-state index contributed by atoms with van der Waals surface area (Å²) in [6.45, 7) is 5.76. The number of halogens is 1. The molecule has 1 amide bonds. The summed E-state index contributed by atoms with van der Waals surface area (Å²) in [4.78, 5) is 12.3. The molecule has 2 N–H and O–H groups in total. The van der Waals surface area contributed by atoms with E-state index in [-0.39, 0.29) is 24.2 Å². The van der Waals surface area contributed by atoms with E-state index in [1.807, 2.05) is 24.3 Å². The van der Waals surface area contributed by atoms with Gasteiger partial charge in [0, 0.05) is 12.0 Å². The lowest BCUT2D eigenvalue weighted by Crippen LogP contribution is -2.40. The van der Waals surface area contributed by atoms with Crippen LogP contribution in [0, 0.1) is 5.92 Å². The fraction of sp³-hybridized carbons (Fsp3) is 0.562. The Morgan fingerprint density at radius 3 is 2.90 bits per heavy atom. The van der Waals surface area contributed by atoms with Gasteiger partial charge in [-0.15, -0.1) is 12.4 Å². The van der Waals surface area contributed by atoms with E-state index in [0.717, 1.165) is 37.2 Å². The minimum atomic E-state index is 0. The van der Waals surface area contributed by atoms with E-state index in [2.05, 4.69) is 24.5 Å². The summed E-state index contributed by atoms with van der Waals surface area (Å²) >= 11 is 0. The fourth-order valence-corrected chi connectivity index (χ4v) is 2.51. The average Bonchev–Trinajstić information content (AvgIpc) is 2.46. The van der Waals surface area contributed by atoms with E-state index in [4.69, 9.17) is 4.74 Å². The molecule has 1 aliphatic rings. The van der Waals surface area contributed by atoms with Crippen LogP contribution >= 0.6 is 12.4 Å². The van der Waals surface area contributed by atoms with Gasteiger partial charge in [0.1, 0.15) is 5.75 Å². The van der Waals surface area contributed by atoms with Gasteiger partial charge in [-0.1, -0.05) is 19.1 Å². The molecule has 5 heteroatoms. The number of hydrogen-bond acceptors (Lipinski definition) is 3. The molecule has 21 heavy (non-hydrogen) atoms. The SMILES string of the molecule is CCCOc1ccccc1NC(=O)[C@H]1CCN[C@@H](C)C1.Cl. The lowest BCUT2D eigenvalue weighted by atomic mass is 9.92. The molecule has 0 radical (unpaired) electrons. The summed E-state index contributed by atoms with van der Waals surface area (Å²) in [5, 5.41) is 6.38. The fourth-order valence-electron chi connectivity index (χ4n) is 2.51. The number of amides is 1. The molecule has 0 aliphatic carbocycles. The third kappa shape index (κ3) is 5.21. The summed E-state index contributed by atoms with van der Waals surface area (Å²) in [7, 11) is 0. The number of carbonyl (C=O) groups excluding carboxylic acids is 1. The maximum Gasteiger partial charge on any atom is 0.227 e. The molecule has 1 aromatic rings. The Bertz CT molecular complexity index is 454. The van der Waals surface area contributed by atoms with Crippen LogP contribution in [-0.4, -0.2) is 25.1 Å². The minimum absolute atomic E-state index is 0. The second kappa shape index (κ2) is 8.90. The van der Waals surface area contributed by atoms with Gasteiger partial charge in [0.05, 0.1) is 12.3 Å². The first kappa shape index (κ1) is 17.8. The zero-order chi connectivity index (χ0) is 14.4. The molecular formula is C16H25ClN2O2. The van der Waals surface area contributed by atoms with Crippen molar-refractivity contribution in [1.29, 1.82) is 0 Å². The predicted octanol–water partition coefficient (Wildman–Crippen LogP) is 3.22. The first-order chi connectivity index (χ1) is 9.70. The maximum absolute atomic E-state index is 12.3. The molecular weight excluding hydrogens is 288 g/mol. The van der Waals surface area contributed by atoms with Crippen LogP contribution in [0.25, 0.3) is 0 Å². The Balaban J connectivity index is 0.00000220. The number of nitrogens with one attached hydrogen (secondary N) is 2. The molecule has 0 spiro atoms. The monoisotopic (exact) mass is 312 g/mol. The smallest absolute Gasteiger partial charge is 0.227 e. The van der Waals surface area contributed by atoms with Crippen molar-refractivity contribution in [2.24, 2.45) is 5.92 Å². The number of carbonyl (C=O) groups is 1. The van der Waals surface area contributed by atoms with Crippen LogP contribution in [0.5, 0.6) is 5.75 Å². The van der Waals surface area contributed by atoms with Crippen molar-refractivity contribution >= 4 is 24.0 Å². The van der Waals surface area contributed by atoms with Gasteiger partial charge in [-0.3, -0.25) is 4.79 Å². The summed E-state index contributed by atoms with van der Waals surface area (Å²) in [6.07, 6.45) is 2.74. The molecule has 2 atom stereocenters. The highest BCUT2D eigenvalue weighted by atomic mass is 35.5. The van der Waals surface area contributed by atoms with Gasteiger partial charge < -0.3 is 15.4 Å².